The minimum absolute atomic E-state index is 0. The zero-order valence-corrected chi connectivity index (χ0v) is 18.7. The van der Waals surface area contributed by atoms with Gasteiger partial charge < -0.3 is 0 Å². The molecule has 18 heteroatoms. The third kappa shape index (κ3) is 4.62. The van der Waals surface area contributed by atoms with Gasteiger partial charge in [-0.1, -0.05) is 0 Å². The van der Waals surface area contributed by atoms with Crippen molar-refractivity contribution in [1.82, 2.24) is 0 Å². The molecule has 0 radical (unpaired) electrons. The van der Waals surface area contributed by atoms with Gasteiger partial charge in [-0.25, -0.2) is 0 Å². The molecule has 150 valence electrons. The summed E-state index contributed by atoms with van der Waals surface area (Å²) in [7, 11) is -12.3. The van der Waals surface area contributed by atoms with Gasteiger partial charge in [0.2, 0.25) is 0 Å². The van der Waals surface area contributed by atoms with Crippen LogP contribution in [0.1, 0.15) is 0 Å². The number of hydrogen-bond acceptors (Lipinski definition) is 12. The number of hydrogen-bond donors (Lipinski definition) is 0. The van der Waals surface area contributed by atoms with Gasteiger partial charge in [0.1, 0.15) is 0 Å². The molecule has 0 spiro atoms. The summed E-state index contributed by atoms with van der Waals surface area (Å²) in [5.41, 5.74) is 0. The van der Waals surface area contributed by atoms with E-state index in [4.69, 9.17) is 63.1 Å². The van der Waals surface area contributed by atoms with Gasteiger partial charge in [0.15, 0.2) is 0 Å². The molecule has 0 aromatic heterocycles. The third-order valence-corrected chi connectivity index (χ3v) is 9.78. The Morgan fingerprint density at radius 2 is 0.333 bits per heavy atom. The van der Waals surface area contributed by atoms with Gasteiger partial charge >= 0.3 is 225 Å². The van der Waals surface area contributed by atoms with Gasteiger partial charge in [-0.3, -0.25) is 0 Å². The van der Waals surface area contributed by atoms with Crippen LogP contribution in [-0.4, -0.2) is 29.6 Å². The molecule has 0 fully saturated rings. The van der Waals surface area contributed by atoms with Crippen LogP contribution in [0, 0.1) is 123 Å². The van der Waals surface area contributed by atoms with Gasteiger partial charge in [0.05, 0.1) is 0 Å². The topological polar surface area (TPSA) is 285 Å². The van der Waals surface area contributed by atoms with Crippen molar-refractivity contribution in [3.8, 4) is 59.6 Å². The van der Waals surface area contributed by atoms with Crippen molar-refractivity contribution in [2.75, 3.05) is 0 Å². The zero-order chi connectivity index (χ0) is 21.3. The Morgan fingerprint density at radius 1 is 0.267 bits per heavy atom. The molecule has 12 nitrogen and oxygen atoms in total. The average Bonchev–Trinajstić information content (AvgIpc) is 2.77. The maximum atomic E-state index is 8.58. The van der Waals surface area contributed by atoms with Crippen LogP contribution in [0.15, 0.2) is 0 Å². The monoisotopic (exact) mass is 616 g/mol. The van der Waals surface area contributed by atoms with Gasteiger partial charge in [0.25, 0.3) is 0 Å². The third-order valence-electron chi connectivity index (χ3n) is 2.37. The maximum absolute atomic E-state index is 8.58. The Morgan fingerprint density at radius 3 is 0.333 bits per heavy atom. The van der Waals surface area contributed by atoms with E-state index in [1.165, 1.54) is 0 Å². The van der Waals surface area contributed by atoms with Gasteiger partial charge in [0, 0.05) is 0 Å². The first kappa shape index (κ1) is 41.8. The van der Waals surface area contributed by atoms with Crippen molar-refractivity contribution in [2.45, 2.75) is 0 Å². The zero-order valence-electron chi connectivity index (χ0n) is 13.1. The number of nitrogens with zero attached hydrogens (tertiary/aromatic N) is 12. The summed E-state index contributed by atoms with van der Waals surface area (Å²) in [6, 6.07) is 0. The standard InChI is InChI=1S/12CN.5Fe.Na.H/c12*1-2;;;;;;;/q;;;;;;;;;;;;2*-3;3*+2;;. The van der Waals surface area contributed by atoms with E-state index >= 15 is 0 Å². The summed E-state index contributed by atoms with van der Waals surface area (Å²) in [4.78, 5) is 12.4. The molecule has 0 aliphatic rings. The first-order chi connectivity index (χ1) is 11.9. The summed E-state index contributed by atoms with van der Waals surface area (Å²) >= 11 is 0. The van der Waals surface area contributed by atoms with E-state index < -0.39 is 21.5 Å². The van der Waals surface area contributed by atoms with E-state index in [9.17, 15) is 0 Å². The number of rotatable bonds is 0. The Balaban J connectivity index is -0.0000000847. The molecule has 0 aliphatic carbocycles. The first-order valence-corrected chi connectivity index (χ1v) is 11.4. The van der Waals surface area contributed by atoms with Crippen LogP contribution >= 0.6 is 0 Å². The molecular weight excluding hydrogens is 614 g/mol. The molecule has 0 saturated carbocycles. The van der Waals surface area contributed by atoms with Crippen molar-refractivity contribution < 1.29 is 72.7 Å². The van der Waals surface area contributed by atoms with Crippen molar-refractivity contribution in [3.05, 3.63) is 0 Å². The van der Waals surface area contributed by atoms with Crippen LogP contribution in [0.2, 0.25) is 0 Å². The second-order valence-corrected chi connectivity index (χ2v) is 14.8. The van der Waals surface area contributed by atoms with Crippen LogP contribution in [0.25, 0.3) is 0 Å². The first-order valence-electron chi connectivity index (χ1n) is 4.80. The van der Waals surface area contributed by atoms with E-state index in [0.29, 0.717) is 0 Å². The Kier molecular flexibility index (Phi) is 15.4. The fourth-order valence-corrected chi connectivity index (χ4v) is 2.19. The normalized spacial score (nSPS) is 11.6. The fourth-order valence-electron chi connectivity index (χ4n) is 0.530. The summed E-state index contributed by atoms with van der Waals surface area (Å²) < 4.78 is 0. The molecule has 0 aromatic rings. The predicted octanol–water partition coefficient (Wildman–Crippen LogP) is -0.460. The quantitative estimate of drug-likeness (QED) is 0.313. The SMILES string of the molecule is N#[C][Fe-3]([C]#N)([C]#N)([C]#N)([C]#N)[C]#N.N#[C][Fe-3]([C]#N)([C]#N)([C]#N)([C]#N)[C]#N.[Fe+2].[Fe+2].[Fe+2].[NaH]. The summed E-state index contributed by atoms with van der Waals surface area (Å²) in [6.45, 7) is 0. The summed E-state index contributed by atoms with van der Waals surface area (Å²) in [6.07, 6.45) is 0. The Hall–Kier alpha value is -2.52. The van der Waals surface area contributed by atoms with Crippen molar-refractivity contribution in [2.24, 2.45) is 0 Å². The van der Waals surface area contributed by atoms with Crippen LogP contribution in [0.3, 0.4) is 0 Å². The Labute approximate surface area is 222 Å². The Bertz CT molecular complexity index is 891. The molecule has 0 amide bonds. The molecule has 0 atom stereocenters. The molecular formula is C12HFe5N12Na. The van der Waals surface area contributed by atoms with E-state index in [2.05, 4.69) is 0 Å². The molecule has 0 aromatic carbocycles. The molecule has 0 bridgehead atoms. The van der Waals surface area contributed by atoms with Crippen LogP contribution in [0.4, 0.5) is 0 Å². The van der Waals surface area contributed by atoms with E-state index in [1.54, 1.807) is 0 Å². The van der Waals surface area contributed by atoms with E-state index in [0.717, 1.165) is 59.6 Å². The van der Waals surface area contributed by atoms with Crippen LogP contribution in [0.5, 0.6) is 0 Å². The molecule has 0 rings (SSSR count). The van der Waals surface area contributed by atoms with Crippen LogP contribution in [-0.2, 0) is 72.7 Å². The van der Waals surface area contributed by atoms with Crippen LogP contribution < -0.4 is 0 Å². The molecule has 0 aliphatic heterocycles. The second kappa shape index (κ2) is 11.0. The molecule has 0 N–H and O–H groups in total. The molecule has 0 saturated heterocycles. The molecule has 0 heterocycles. The number of nitriles is 12. The predicted molar refractivity (Wildman–Crippen MR) is 74.5 cm³/mol. The van der Waals surface area contributed by atoms with Crippen molar-refractivity contribution in [1.29, 1.82) is 63.1 Å². The average molecular weight is 615 g/mol. The fraction of sp³-hybridized carbons (Fsp3) is 0. The van der Waals surface area contributed by atoms with Gasteiger partial charge in [-0.05, 0) is 0 Å². The molecule has 30 heavy (non-hydrogen) atoms. The summed E-state index contributed by atoms with van der Waals surface area (Å²) in [5.74, 6) is 0. The van der Waals surface area contributed by atoms with Gasteiger partial charge in [-0.2, -0.15) is 0 Å². The van der Waals surface area contributed by atoms with Crippen molar-refractivity contribution >= 4 is 29.6 Å². The minimum atomic E-state index is -6.17. The summed E-state index contributed by atoms with van der Waals surface area (Å²) in [5, 5.41) is 103. The van der Waals surface area contributed by atoms with Gasteiger partial charge in [-0.15, -0.1) is 0 Å². The van der Waals surface area contributed by atoms with E-state index in [-0.39, 0.29) is 80.8 Å². The second-order valence-electron chi connectivity index (χ2n) is 3.60. The van der Waals surface area contributed by atoms with E-state index in [1.807, 2.05) is 0 Å². The molecule has 0 unspecified atom stereocenters. The van der Waals surface area contributed by atoms with Crippen molar-refractivity contribution in [3.63, 3.8) is 0 Å².